The monoisotopic (exact) mass is 264 g/mol. The zero-order valence-corrected chi connectivity index (χ0v) is 11.5. The zero-order valence-electron chi connectivity index (χ0n) is 11.5. The molecular weight excluding hydrogens is 244 g/mol. The lowest BCUT2D eigenvalue weighted by Gasteiger charge is -2.27. The molecule has 1 N–H and O–H groups in total. The highest BCUT2D eigenvalue weighted by Gasteiger charge is 2.22. The van der Waals surface area contributed by atoms with Crippen molar-refractivity contribution in [3.8, 4) is 0 Å². The maximum Gasteiger partial charge on any atom is 0.292 e. The maximum atomic E-state index is 11.2. The molecular formula is C14H20N2O3. The van der Waals surface area contributed by atoms with E-state index in [-0.39, 0.29) is 11.7 Å². The highest BCUT2D eigenvalue weighted by atomic mass is 16.6. The second-order valence-electron chi connectivity index (χ2n) is 4.72. The summed E-state index contributed by atoms with van der Waals surface area (Å²) in [4.78, 5) is 12.7. The van der Waals surface area contributed by atoms with E-state index in [4.69, 9.17) is 0 Å². The minimum absolute atomic E-state index is 0.00829. The van der Waals surface area contributed by atoms with E-state index in [1.165, 1.54) is 6.07 Å². The number of nitrogens with zero attached hydrogens (tertiary/aromatic N) is 2. The lowest BCUT2D eigenvalue weighted by atomic mass is 10.1. The Morgan fingerprint density at radius 2 is 2.11 bits per heavy atom. The lowest BCUT2D eigenvalue weighted by molar-refractivity contribution is -0.384. The number of anilines is 1. The Bertz CT molecular complexity index is 470. The summed E-state index contributed by atoms with van der Waals surface area (Å²) in [5, 5.41) is 20.7. The van der Waals surface area contributed by atoms with Gasteiger partial charge in [-0.1, -0.05) is 12.1 Å². The molecule has 5 nitrogen and oxygen atoms in total. The summed E-state index contributed by atoms with van der Waals surface area (Å²) in [5.41, 5.74) is 1.09. The van der Waals surface area contributed by atoms with Crippen LogP contribution in [0.2, 0.25) is 0 Å². The van der Waals surface area contributed by atoms with Gasteiger partial charge in [0.15, 0.2) is 0 Å². The quantitative estimate of drug-likeness (QED) is 0.487. The Morgan fingerprint density at radius 1 is 1.47 bits per heavy atom. The molecule has 0 aliphatic rings. The summed E-state index contributed by atoms with van der Waals surface area (Å²) in [6, 6.07) is 4.95. The van der Waals surface area contributed by atoms with Crippen LogP contribution >= 0.6 is 0 Å². The number of aliphatic hydroxyl groups is 1. The van der Waals surface area contributed by atoms with Gasteiger partial charge in [0.25, 0.3) is 5.69 Å². The second kappa shape index (κ2) is 6.33. The molecule has 0 radical (unpaired) electrons. The van der Waals surface area contributed by atoms with Crippen LogP contribution in [0.4, 0.5) is 11.4 Å². The molecule has 5 heteroatoms. The van der Waals surface area contributed by atoms with E-state index < -0.39 is 11.0 Å². The van der Waals surface area contributed by atoms with Gasteiger partial charge in [-0.3, -0.25) is 10.1 Å². The van der Waals surface area contributed by atoms with Gasteiger partial charge in [0.1, 0.15) is 5.69 Å². The molecule has 0 aromatic heterocycles. The fourth-order valence-electron chi connectivity index (χ4n) is 1.92. The first-order valence-corrected chi connectivity index (χ1v) is 6.22. The SMILES string of the molecule is C=CCN(c1ccc([C@@H](C)O)cc1[N+](=O)[O-])C(C)C. The number of nitro groups is 1. The molecule has 0 amide bonds. The van der Waals surface area contributed by atoms with E-state index in [1.54, 1.807) is 25.1 Å². The number of aliphatic hydroxyl groups excluding tert-OH is 1. The van der Waals surface area contributed by atoms with Gasteiger partial charge < -0.3 is 10.0 Å². The highest BCUT2D eigenvalue weighted by Crippen LogP contribution is 2.32. The summed E-state index contributed by atoms with van der Waals surface area (Å²) in [6.07, 6.45) is 0.992. The topological polar surface area (TPSA) is 66.6 Å². The molecule has 104 valence electrons. The fraction of sp³-hybridized carbons (Fsp3) is 0.429. The molecule has 0 saturated carbocycles. The average Bonchev–Trinajstić information content (AvgIpc) is 2.34. The Labute approximate surface area is 113 Å². The van der Waals surface area contributed by atoms with E-state index in [9.17, 15) is 15.2 Å². The minimum Gasteiger partial charge on any atom is -0.389 e. The largest absolute Gasteiger partial charge is 0.389 e. The van der Waals surface area contributed by atoms with E-state index in [1.807, 2.05) is 18.7 Å². The molecule has 19 heavy (non-hydrogen) atoms. The summed E-state index contributed by atoms with van der Waals surface area (Å²) in [6.45, 7) is 9.73. The Morgan fingerprint density at radius 3 is 2.53 bits per heavy atom. The van der Waals surface area contributed by atoms with Crippen molar-refractivity contribution in [1.82, 2.24) is 0 Å². The number of hydrogen-bond donors (Lipinski definition) is 1. The second-order valence-corrected chi connectivity index (χ2v) is 4.72. The van der Waals surface area contributed by atoms with Crippen molar-refractivity contribution in [3.05, 3.63) is 46.5 Å². The Hall–Kier alpha value is -1.88. The maximum absolute atomic E-state index is 11.2. The number of nitro benzene ring substituents is 1. The predicted molar refractivity (Wildman–Crippen MR) is 76.4 cm³/mol. The van der Waals surface area contributed by atoms with Crippen molar-refractivity contribution in [2.45, 2.75) is 32.9 Å². The molecule has 1 aromatic carbocycles. The van der Waals surface area contributed by atoms with Gasteiger partial charge in [-0.15, -0.1) is 6.58 Å². The van der Waals surface area contributed by atoms with Crippen molar-refractivity contribution in [1.29, 1.82) is 0 Å². The molecule has 0 saturated heterocycles. The van der Waals surface area contributed by atoms with Crippen LogP contribution in [0.3, 0.4) is 0 Å². The number of hydrogen-bond acceptors (Lipinski definition) is 4. The molecule has 0 unspecified atom stereocenters. The molecule has 0 aliphatic heterocycles. The van der Waals surface area contributed by atoms with Crippen LogP contribution in [-0.4, -0.2) is 22.6 Å². The van der Waals surface area contributed by atoms with Crippen molar-refractivity contribution in [3.63, 3.8) is 0 Å². The van der Waals surface area contributed by atoms with E-state index in [2.05, 4.69) is 6.58 Å². The molecule has 0 fully saturated rings. The van der Waals surface area contributed by atoms with Gasteiger partial charge in [-0.2, -0.15) is 0 Å². The minimum atomic E-state index is -0.723. The van der Waals surface area contributed by atoms with Crippen LogP contribution in [-0.2, 0) is 0 Å². The number of rotatable bonds is 6. The van der Waals surface area contributed by atoms with E-state index in [0.29, 0.717) is 17.8 Å². The zero-order chi connectivity index (χ0) is 14.6. The Balaban J connectivity index is 3.32. The van der Waals surface area contributed by atoms with Crippen LogP contribution in [0, 0.1) is 10.1 Å². The van der Waals surface area contributed by atoms with Crippen LogP contribution in [0.15, 0.2) is 30.9 Å². The van der Waals surface area contributed by atoms with Gasteiger partial charge in [-0.05, 0) is 32.4 Å². The van der Waals surface area contributed by atoms with Crippen molar-refractivity contribution < 1.29 is 10.0 Å². The molecule has 0 aliphatic carbocycles. The average molecular weight is 264 g/mol. The smallest absolute Gasteiger partial charge is 0.292 e. The molecule has 1 atom stereocenters. The number of benzene rings is 1. The normalized spacial score (nSPS) is 12.3. The first-order valence-electron chi connectivity index (χ1n) is 6.22. The van der Waals surface area contributed by atoms with Crippen LogP contribution in [0.1, 0.15) is 32.4 Å². The summed E-state index contributed by atoms with van der Waals surface area (Å²) in [7, 11) is 0. The third-order valence-corrected chi connectivity index (χ3v) is 2.94. The van der Waals surface area contributed by atoms with Gasteiger partial charge in [0, 0.05) is 18.7 Å². The lowest BCUT2D eigenvalue weighted by Crippen LogP contribution is -2.31. The van der Waals surface area contributed by atoms with Crippen molar-refractivity contribution >= 4 is 11.4 Å². The molecule has 1 aromatic rings. The van der Waals surface area contributed by atoms with Gasteiger partial charge >= 0.3 is 0 Å². The predicted octanol–water partition coefficient (Wildman–Crippen LogP) is 3.05. The fourth-order valence-corrected chi connectivity index (χ4v) is 1.92. The summed E-state index contributed by atoms with van der Waals surface area (Å²) >= 11 is 0. The standard InChI is InChI=1S/C14H20N2O3/c1-5-8-15(10(2)3)13-7-6-12(11(4)17)9-14(13)16(18)19/h5-7,9-11,17H,1,8H2,2-4H3/t11-/m1/s1. The van der Waals surface area contributed by atoms with Crippen LogP contribution in [0.5, 0.6) is 0 Å². The third kappa shape index (κ3) is 3.54. The van der Waals surface area contributed by atoms with Crippen LogP contribution < -0.4 is 4.90 Å². The van der Waals surface area contributed by atoms with E-state index in [0.717, 1.165) is 0 Å². The van der Waals surface area contributed by atoms with E-state index >= 15 is 0 Å². The van der Waals surface area contributed by atoms with Crippen molar-refractivity contribution in [2.75, 3.05) is 11.4 Å². The van der Waals surface area contributed by atoms with Crippen LogP contribution in [0.25, 0.3) is 0 Å². The molecule has 0 spiro atoms. The van der Waals surface area contributed by atoms with Gasteiger partial charge in [-0.25, -0.2) is 0 Å². The van der Waals surface area contributed by atoms with Gasteiger partial charge in [0.2, 0.25) is 0 Å². The molecule has 0 heterocycles. The summed E-state index contributed by atoms with van der Waals surface area (Å²) in [5.74, 6) is 0. The Kier molecular flexibility index (Phi) is 5.06. The first kappa shape index (κ1) is 15.2. The van der Waals surface area contributed by atoms with Crippen molar-refractivity contribution in [2.24, 2.45) is 0 Å². The molecule has 1 rings (SSSR count). The summed E-state index contributed by atoms with van der Waals surface area (Å²) < 4.78 is 0. The first-order chi connectivity index (χ1) is 8.88. The van der Waals surface area contributed by atoms with Gasteiger partial charge in [0.05, 0.1) is 11.0 Å². The highest BCUT2D eigenvalue weighted by molar-refractivity contribution is 5.65. The third-order valence-electron chi connectivity index (χ3n) is 2.94. The molecule has 0 bridgehead atoms.